The third-order valence-electron chi connectivity index (χ3n) is 7.71. The van der Waals surface area contributed by atoms with Gasteiger partial charge in [0, 0.05) is 12.3 Å². The molecule has 0 bridgehead atoms. The lowest BCUT2D eigenvalue weighted by Crippen LogP contribution is -2.34. The number of hydrogen-bond acceptors (Lipinski definition) is 1. The summed E-state index contributed by atoms with van der Waals surface area (Å²) in [7, 11) is 0. The van der Waals surface area contributed by atoms with Crippen molar-refractivity contribution in [2.75, 3.05) is 0 Å². The quantitative estimate of drug-likeness (QED) is 0.246. The van der Waals surface area contributed by atoms with Gasteiger partial charge in [0.05, 0.1) is 0 Å². The molecule has 2 aliphatic rings. The Morgan fingerprint density at radius 1 is 0.939 bits per heavy atom. The van der Waals surface area contributed by atoms with E-state index in [0.29, 0.717) is 31.6 Å². The summed E-state index contributed by atoms with van der Waals surface area (Å²) < 4.78 is 72.8. The van der Waals surface area contributed by atoms with Crippen molar-refractivity contribution >= 4 is 0 Å². The Morgan fingerprint density at radius 3 is 2.15 bits per heavy atom. The molecule has 3 rings (SSSR count). The second-order valence-corrected chi connectivity index (χ2v) is 9.96. The molecule has 1 aromatic rings. The Hall–Kier alpha value is -1.37. The van der Waals surface area contributed by atoms with E-state index in [1.54, 1.807) is 6.07 Å². The van der Waals surface area contributed by atoms with Crippen molar-refractivity contribution in [1.29, 1.82) is 0 Å². The summed E-state index contributed by atoms with van der Waals surface area (Å²) in [6.45, 7) is -0.881. The Bertz CT molecular complexity index is 696. The van der Waals surface area contributed by atoms with Crippen molar-refractivity contribution in [3.05, 3.63) is 29.6 Å². The van der Waals surface area contributed by atoms with E-state index in [1.807, 2.05) is 0 Å². The highest BCUT2D eigenvalue weighted by Crippen LogP contribution is 2.46. The first-order chi connectivity index (χ1) is 15.3. The average molecular weight is 479 g/mol. The first-order valence-corrected chi connectivity index (χ1v) is 12.4. The maximum Gasteiger partial charge on any atom is 0.387 e. The van der Waals surface area contributed by atoms with Gasteiger partial charge in [-0.3, -0.25) is 0 Å². The van der Waals surface area contributed by atoms with Crippen LogP contribution in [0.3, 0.4) is 0 Å². The highest BCUT2D eigenvalue weighted by Gasteiger charge is 2.43. The monoisotopic (exact) mass is 478 g/mol. The molecule has 0 saturated heterocycles. The lowest BCUT2D eigenvalue weighted by atomic mass is 9.72. The lowest BCUT2D eigenvalue weighted by Gasteiger charge is -2.37. The van der Waals surface area contributed by atoms with Crippen LogP contribution in [-0.2, 0) is 0 Å². The fourth-order valence-corrected chi connectivity index (χ4v) is 5.77. The van der Waals surface area contributed by atoms with Gasteiger partial charge in [-0.2, -0.15) is 8.78 Å². The Labute approximate surface area is 194 Å². The Morgan fingerprint density at radius 2 is 1.58 bits per heavy atom. The third-order valence-corrected chi connectivity index (χ3v) is 7.71. The molecule has 0 amide bonds. The molecule has 7 heteroatoms. The zero-order chi connectivity index (χ0) is 23.1. The summed E-state index contributed by atoms with van der Waals surface area (Å²) in [5, 5.41) is 0. The standard InChI is InChI=1S/C26H37F5O.H2O/c1-2-3-4-5-18-8-13-22(14-9-18)26(30,31)17-19-6-10-20(11-7-19)21-12-15-24(23(27)16-21)32-25(28)29;/h12,15-16,18-20,22,25H,2-11,13-14,17H2,1H3;1H2. The molecule has 0 radical (unpaired) electrons. The fourth-order valence-electron chi connectivity index (χ4n) is 5.77. The molecule has 0 spiro atoms. The summed E-state index contributed by atoms with van der Waals surface area (Å²) in [6, 6.07) is 4.09. The minimum Gasteiger partial charge on any atom is -0.432 e. The van der Waals surface area contributed by atoms with Gasteiger partial charge in [0.1, 0.15) is 0 Å². The number of benzene rings is 1. The molecule has 0 aromatic heterocycles. The van der Waals surface area contributed by atoms with Crippen molar-refractivity contribution < 1.29 is 32.2 Å². The van der Waals surface area contributed by atoms with Crippen LogP contribution in [0.2, 0.25) is 0 Å². The number of alkyl halides is 4. The Balaban J connectivity index is 0.00000385. The summed E-state index contributed by atoms with van der Waals surface area (Å²) in [5.41, 5.74) is 0.732. The molecule has 1 aromatic carbocycles. The van der Waals surface area contributed by atoms with Crippen LogP contribution in [-0.4, -0.2) is 18.0 Å². The van der Waals surface area contributed by atoms with Crippen LogP contribution in [0.1, 0.15) is 102 Å². The van der Waals surface area contributed by atoms with E-state index in [4.69, 9.17) is 0 Å². The first-order valence-electron chi connectivity index (χ1n) is 12.4. The van der Waals surface area contributed by atoms with Crippen LogP contribution in [0.15, 0.2) is 18.2 Å². The lowest BCUT2D eigenvalue weighted by molar-refractivity contribution is -0.0955. The summed E-state index contributed by atoms with van der Waals surface area (Å²) in [4.78, 5) is 0. The van der Waals surface area contributed by atoms with Gasteiger partial charge in [0.25, 0.3) is 5.92 Å². The molecule has 33 heavy (non-hydrogen) atoms. The van der Waals surface area contributed by atoms with Gasteiger partial charge in [-0.05, 0) is 86.8 Å². The Kier molecular flexibility index (Phi) is 10.9. The summed E-state index contributed by atoms with van der Waals surface area (Å²) >= 11 is 0. The number of ether oxygens (including phenoxy) is 1. The molecule has 190 valence electrons. The second kappa shape index (κ2) is 12.9. The van der Waals surface area contributed by atoms with Gasteiger partial charge in [-0.15, -0.1) is 0 Å². The molecule has 2 fully saturated rings. The fraction of sp³-hybridized carbons (Fsp3) is 0.769. The average Bonchev–Trinajstić information content (AvgIpc) is 2.76. The highest BCUT2D eigenvalue weighted by atomic mass is 19.3. The molecule has 0 atom stereocenters. The molecule has 0 heterocycles. The minimum atomic E-state index is -3.07. The minimum absolute atomic E-state index is 0. The summed E-state index contributed by atoms with van der Waals surface area (Å²) in [5.74, 6) is -3.66. The van der Waals surface area contributed by atoms with Crippen LogP contribution in [0.4, 0.5) is 22.0 Å². The largest absolute Gasteiger partial charge is 0.432 e. The predicted molar refractivity (Wildman–Crippen MR) is 120 cm³/mol. The van der Waals surface area contributed by atoms with E-state index in [9.17, 15) is 13.2 Å². The molecule has 2 saturated carbocycles. The van der Waals surface area contributed by atoms with Crippen molar-refractivity contribution in [3.8, 4) is 5.75 Å². The molecule has 2 N–H and O–H groups in total. The predicted octanol–water partition coefficient (Wildman–Crippen LogP) is 8.29. The number of halogens is 5. The molecule has 0 unspecified atom stereocenters. The topological polar surface area (TPSA) is 40.7 Å². The van der Waals surface area contributed by atoms with E-state index in [-0.39, 0.29) is 23.7 Å². The smallest absolute Gasteiger partial charge is 0.387 e. The van der Waals surface area contributed by atoms with E-state index in [2.05, 4.69) is 11.7 Å². The van der Waals surface area contributed by atoms with Crippen LogP contribution >= 0.6 is 0 Å². The number of unbranched alkanes of at least 4 members (excludes halogenated alkanes) is 2. The van der Waals surface area contributed by atoms with Crippen molar-refractivity contribution in [2.24, 2.45) is 17.8 Å². The molecule has 2 nitrogen and oxygen atoms in total. The van der Waals surface area contributed by atoms with Gasteiger partial charge in [-0.25, -0.2) is 13.2 Å². The highest BCUT2D eigenvalue weighted by molar-refractivity contribution is 5.31. The zero-order valence-corrected chi connectivity index (χ0v) is 19.6. The maximum atomic E-state index is 15.0. The maximum absolute atomic E-state index is 15.0. The van der Waals surface area contributed by atoms with Crippen LogP contribution < -0.4 is 4.74 Å². The van der Waals surface area contributed by atoms with Gasteiger partial charge < -0.3 is 10.2 Å². The van der Waals surface area contributed by atoms with Gasteiger partial charge in [0.15, 0.2) is 11.6 Å². The summed E-state index contributed by atoms with van der Waals surface area (Å²) in [6.07, 6.45) is 10.8. The molecular formula is C26H39F5O2. The van der Waals surface area contributed by atoms with E-state index in [1.165, 1.54) is 37.8 Å². The van der Waals surface area contributed by atoms with E-state index >= 15 is 8.78 Å². The molecular weight excluding hydrogens is 439 g/mol. The van der Waals surface area contributed by atoms with E-state index < -0.39 is 30.0 Å². The second-order valence-electron chi connectivity index (χ2n) is 9.96. The van der Waals surface area contributed by atoms with E-state index in [0.717, 1.165) is 31.2 Å². The van der Waals surface area contributed by atoms with Crippen LogP contribution in [0.5, 0.6) is 5.75 Å². The normalized spacial score (nSPS) is 26.2. The molecule has 0 aliphatic heterocycles. The van der Waals surface area contributed by atoms with Crippen LogP contribution in [0, 0.1) is 23.6 Å². The van der Waals surface area contributed by atoms with Gasteiger partial charge >= 0.3 is 6.61 Å². The number of hydrogen-bond donors (Lipinski definition) is 0. The van der Waals surface area contributed by atoms with Crippen LogP contribution in [0.25, 0.3) is 0 Å². The third kappa shape index (κ3) is 8.11. The number of rotatable bonds is 10. The van der Waals surface area contributed by atoms with Gasteiger partial charge in [0.2, 0.25) is 0 Å². The first kappa shape index (κ1) is 27.9. The zero-order valence-electron chi connectivity index (χ0n) is 19.6. The van der Waals surface area contributed by atoms with Crippen molar-refractivity contribution in [3.63, 3.8) is 0 Å². The van der Waals surface area contributed by atoms with Crippen molar-refractivity contribution in [1.82, 2.24) is 0 Å². The van der Waals surface area contributed by atoms with Gasteiger partial charge in [-0.1, -0.05) is 38.7 Å². The molecule has 2 aliphatic carbocycles. The SMILES string of the molecule is CCCCCC1CCC(C(F)(F)CC2CCC(c3ccc(OC(F)F)c(F)c3)CC2)CC1.O. The van der Waals surface area contributed by atoms with Crippen molar-refractivity contribution in [2.45, 2.75) is 109 Å².